The van der Waals surface area contributed by atoms with Gasteiger partial charge in [0.1, 0.15) is 0 Å². The summed E-state index contributed by atoms with van der Waals surface area (Å²) in [6.45, 7) is 39.7. The molecule has 3 heterocycles. The Morgan fingerprint density at radius 3 is 1.44 bits per heavy atom. The van der Waals surface area contributed by atoms with Gasteiger partial charge in [-0.2, -0.15) is 0 Å². The molecule has 79 heavy (non-hydrogen) atoms. The molecule has 7 aromatic carbocycles. The Labute approximate surface area is 478 Å². The van der Waals surface area contributed by atoms with Crippen LogP contribution in [0.15, 0.2) is 127 Å². The predicted octanol–water partition coefficient (Wildman–Crippen LogP) is 19.3. The summed E-state index contributed by atoms with van der Waals surface area (Å²) in [7, 11) is 0. The van der Waals surface area contributed by atoms with E-state index in [1.54, 1.807) is 11.1 Å². The van der Waals surface area contributed by atoms with E-state index in [1.165, 1.54) is 148 Å². The van der Waals surface area contributed by atoms with E-state index in [4.69, 9.17) is 0 Å². The van der Waals surface area contributed by atoms with Crippen molar-refractivity contribution in [2.75, 3.05) is 9.80 Å². The third kappa shape index (κ3) is 7.46. The van der Waals surface area contributed by atoms with Crippen LogP contribution in [-0.2, 0) is 43.3 Å². The topological polar surface area (TPSA) is 6.48 Å². The van der Waals surface area contributed by atoms with Crippen LogP contribution in [0.2, 0.25) is 0 Å². The molecule has 2 unspecified atom stereocenters. The molecule has 2 atom stereocenters. The van der Waals surface area contributed by atoms with Gasteiger partial charge in [0.05, 0.1) is 17.1 Å². The van der Waals surface area contributed by atoms with Gasteiger partial charge in [-0.15, -0.1) is 11.3 Å². The lowest BCUT2D eigenvalue weighted by atomic mass is 9.35. The maximum Gasteiger partial charge on any atom is 0.264 e. The van der Waals surface area contributed by atoms with E-state index in [0.29, 0.717) is 0 Å². The van der Waals surface area contributed by atoms with Crippen molar-refractivity contribution in [2.24, 2.45) is 0 Å². The highest BCUT2D eigenvalue weighted by atomic mass is 32.1. The number of hydrogen-bond acceptors (Lipinski definition) is 3. The van der Waals surface area contributed by atoms with Crippen LogP contribution in [0.4, 0.5) is 34.1 Å². The first-order chi connectivity index (χ1) is 37.1. The second-order valence-corrected chi connectivity index (χ2v) is 32.0. The fourth-order valence-corrected chi connectivity index (χ4v) is 17.6. The number of benzene rings is 7. The minimum atomic E-state index is -0.163. The number of anilines is 6. The zero-order valence-corrected chi connectivity index (χ0v) is 51.3. The van der Waals surface area contributed by atoms with Crippen molar-refractivity contribution in [1.29, 1.82) is 0 Å². The maximum absolute atomic E-state index is 2.82. The highest BCUT2D eigenvalue weighted by molar-refractivity contribution is 7.33. The lowest BCUT2D eigenvalue weighted by Crippen LogP contribution is -2.61. The van der Waals surface area contributed by atoms with Gasteiger partial charge in [0.15, 0.2) is 0 Å². The molecule has 1 aromatic heterocycles. The summed E-state index contributed by atoms with van der Waals surface area (Å²) in [5.74, 6) is 0. The average Bonchev–Trinajstić information content (AvgIpc) is 3.71. The second kappa shape index (κ2) is 16.4. The van der Waals surface area contributed by atoms with Gasteiger partial charge in [-0.1, -0.05) is 184 Å². The van der Waals surface area contributed by atoms with Crippen LogP contribution in [0.3, 0.4) is 0 Å². The molecule has 2 bridgehead atoms. The number of hydrogen-bond donors (Lipinski definition) is 0. The lowest BCUT2D eigenvalue weighted by molar-refractivity contribution is 0.332. The molecule has 0 saturated heterocycles. The first-order valence-electron chi connectivity index (χ1n) is 30.1. The van der Waals surface area contributed by atoms with Gasteiger partial charge in [-0.05, 0) is 209 Å². The Morgan fingerprint density at radius 2 is 0.899 bits per heavy atom. The lowest BCUT2D eigenvalue weighted by Gasteiger charge is -2.48. The zero-order chi connectivity index (χ0) is 55.5. The zero-order valence-electron chi connectivity index (χ0n) is 50.5. The monoisotopic (exact) mass is 1050 g/mol. The Bertz CT molecular complexity index is 3890. The van der Waals surface area contributed by atoms with Crippen LogP contribution >= 0.6 is 11.3 Å². The van der Waals surface area contributed by atoms with Gasteiger partial charge in [0.2, 0.25) is 0 Å². The molecule has 2 nitrogen and oxygen atoms in total. The molecule has 8 aromatic rings. The molecular formula is C75H83BN2S. The highest BCUT2D eigenvalue weighted by Gasteiger charge is 2.55. The van der Waals surface area contributed by atoms with Crippen molar-refractivity contribution in [2.45, 2.75) is 199 Å². The van der Waals surface area contributed by atoms with E-state index in [2.05, 4.69) is 259 Å². The summed E-state index contributed by atoms with van der Waals surface area (Å²) >= 11 is 2.10. The Kier molecular flexibility index (Phi) is 10.7. The van der Waals surface area contributed by atoms with Gasteiger partial charge < -0.3 is 9.80 Å². The standard InChI is InChI=1S/C75H83BN2S/c1-68(2,3)47-27-28-59(49(35-47)45-23-19-17-20-24-45)78-63-37-48(69(4,5)6)36-62-65(63)76(67-66(78)51-39-56-57(43-64(51)79-67)75(16)34-33-74(56,15)44-75)58-40-53-55(73(13,14)32-30-71(53,9)10)42-61(58)77(62)60-41-54-52(70(7,8)29-31-72(54,11)12)38-50(60)46-25-21-18-22-26-46/h17-28,35-43H,29-34,44H2,1-16H3. The Morgan fingerprint density at radius 1 is 0.418 bits per heavy atom. The van der Waals surface area contributed by atoms with E-state index >= 15 is 0 Å². The molecule has 0 spiro atoms. The average molecular weight is 1060 g/mol. The number of rotatable bonds is 4. The summed E-state index contributed by atoms with van der Waals surface area (Å²) in [6.07, 6.45) is 8.44. The van der Waals surface area contributed by atoms with Gasteiger partial charge in [0.25, 0.3) is 6.71 Å². The molecule has 1 fully saturated rings. The van der Waals surface area contributed by atoms with Gasteiger partial charge >= 0.3 is 0 Å². The molecule has 4 aliphatic carbocycles. The van der Waals surface area contributed by atoms with Crippen LogP contribution in [-0.4, -0.2) is 6.71 Å². The van der Waals surface area contributed by atoms with E-state index < -0.39 is 0 Å². The summed E-state index contributed by atoms with van der Waals surface area (Å²) in [5, 5.41) is 1.41. The maximum atomic E-state index is 2.82. The van der Waals surface area contributed by atoms with Crippen molar-refractivity contribution in [1.82, 2.24) is 0 Å². The molecular weight excluding hydrogens is 972 g/mol. The largest absolute Gasteiger partial charge is 0.311 e. The fraction of sp³-hybridized carbons (Fsp3) is 0.413. The molecule has 4 heteroatoms. The SMILES string of the molecule is CC(C)(C)c1ccc(N2c3cc(C(C)(C)C)cc4c3B(c3cc5c(cc3N4c3cc4c(cc3-c3ccccc3)C(C)(C)CCC4(C)C)C(C)(C)CCC5(C)C)c3sc4cc5c(cc4c32)C2(C)CCC5(C)C2)c(-c2ccccc2)c1. The van der Waals surface area contributed by atoms with Crippen molar-refractivity contribution in [3.8, 4) is 22.3 Å². The molecule has 0 radical (unpaired) electrons. The Hall–Kier alpha value is -5.84. The smallest absolute Gasteiger partial charge is 0.264 e. The van der Waals surface area contributed by atoms with Crippen LogP contribution in [0.25, 0.3) is 32.3 Å². The van der Waals surface area contributed by atoms with Gasteiger partial charge in [-0.3, -0.25) is 0 Å². The normalized spacial score (nSPS) is 22.5. The molecule has 0 amide bonds. The second-order valence-electron chi connectivity index (χ2n) is 30.9. The van der Waals surface area contributed by atoms with E-state index in [0.717, 1.165) is 12.8 Å². The van der Waals surface area contributed by atoms with Crippen molar-refractivity contribution in [3.05, 3.63) is 172 Å². The molecule has 14 rings (SSSR count). The first kappa shape index (κ1) is 51.3. The summed E-state index contributed by atoms with van der Waals surface area (Å²) < 4.78 is 2.90. The fourth-order valence-electron chi connectivity index (χ4n) is 16.3. The Balaban J connectivity index is 1.17. The molecule has 2 aliphatic heterocycles. The summed E-state index contributed by atoms with van der Waals surface area (Å²) in [5.41, 5.74) is 28.1. The number of thiophene rings is 1. The van der Waals surface area contributed by atoms with Crippen LogP contribution < -0.4 is 25.5 Å². The third-order valence-electron chi connectivity index (χ3n) is 21.4. The summed E-state index contributed by atoms with van der Waals surface area (Å²) in [6, 6.07) is 51.7. The third-order valence-corrected chi connectivity index (χ3v) is 22.6. The van der Waals surface area contributed by atoms with Crippen LogP contribution in [0.1, 0.15) is 200 Å². The van der Waals surface area contributed by atoms with Crippen LogP contribution in [0.5, 0.6) is 0 Å². The van der Waals surface area contributed by atoms with Crippen LogP contribution in [0, 0.1) is 0 Å². The highest BCUT2D eigenvalue weighted by Crippen LogP contribution is 2.63. The predicted molar refractivity (Wildman–Crippen MR) is 343 cm³/mol. The van der Waals surface area contributed by atoms with Gasteiger partial charge in [-0.25, -0.2) is 0 Å². The van der Waals surface area contributed by atoms with Crippen molar-refractivity contribution < 1.29 is 0 Å². The molecule has 0 N–H and O–H groups in total. The molecule has 402 valence electrons. The number of fused-ring (bicyclic) bond motifs is 13. The molecule has 6 aliphatic rings. The van der Waals surface area contributed by atoms with Gasteiger partial charge in [0, 0.05) is 43.1 Å². The summed E-state index contributed by atoms with van der Waals surface area (Å²) in [4.78, 5) is 5.63. The minimum absolute atomic E-state index is 0.00819. The number of nitrogens with zero attached hydrogens (tertiary/aromatic N) is 2. The van der Waals surface area contributed by atoms with E-state index in [1.807, 2.05) is 0 Å². The first-order valence-corrected chi connectivity index (χ1v) is 30.9. The minimum Gasteiger partial charge on any atom is -0.311 e. The van der Waals surface area contributed by atoms with E-state index in [9.17, 15) is 0 Å². The van der Waals surface area contributed by atoms with E-state index in [-0.39, 0.29) is 50.0 Å². The quantitative estimate of drug-likeness (QED) is 0.162. The van der Waals surface area contributed by atoms with Crippen molar-refractivity contribution in [3.63, 3.8) is 0 Å². The molecule has 1 saturated carbocycles. The van der Waals surface area contributed by atoms with Crippen molar-refractivity contribution >= 4 is 78.0 Å².